The molecule has 1 atom stereocenters. The summed E-state index contributed by atoms with van der Waals surface area (Å²) in [6, 6.07) is 4.52. The fraction of sp³-hybridized carbons (Fsp3) is 0.526. The topological polar surface area (TPSA) is 88.4 Å². The fourth-order valence-corrected chi connectivity index (χ4v) is 5.74. The lowest BCUT2D eigenvalue weighted by Crippen LogP contribution is -2.57. The highest BCUT2D eigenvalue weighted by atomic mass is 79.9. The van der Waals surface area contributed by atoms with Gasteiger partial charge in [0.05, 0.1) is 11.0 Å². The van der Waals surface area contributed by atoms with Gasteiger partial charge in [-0.05, 0) is 44.9 Å². The summed E-state index contributed by atoms with van der Waals surface area (Å²) in [6.07, 6.45) is 5.87. The van der Waals surface area contributed by atoms with Crippen molar-refractivity contribution in [1.82, 2.24) is 15.4 Å². The Morgan fingerprint density at radius 3 is 2.79 bits per heavy atom. The van der Waals surface area contributed by atoms with Gasteiger partial charge in [0.1, 0.15) is 5.75 Å². The molecule has 1 saturated heterocycles. The first-order chi connectivity index (χ1) is 13.7. The number of phenolic OH excluding ortho intramolecular Hbond substituents is 1. The van der Waals surface area contributed by atoms with Crippen LogP contribution in [0, 0.1) is 0 Å². The number of phenols is 1. The molecule has 29 heavy (non-hydrogen) atoms. The summed E-state index contributed by atoms with van der Waals surface area (Å²) in [7, 11) is 0. The summed E-state index contributed by atoms with van der Waals surface area (Å²) in [6.45, 7) is 3.80. The van der Waals surface area contributed by atoms with Crippen LogP contribution in [0.2, 0.25) is 0 Å². The Balaban J connectivity index is 1.79. The number of thiocarbonyl (C=S) groups is 1. The highest BCUT2D eigenvalue weighted by molar-refractivity contribution is 9.10. The Hall–Kier alpha value is -1.36. The SMILES string of the molecule is CC1(C)SC(=S)N(/N=C\c2cc(Br)ccc2O)[C@H]1N(O)C(=O)NC1CCCCC1. The number of hydroxylamine groups is 2. The first kappa shape index (κ1) is 22.3. The lowest BCUT2D eigenvalue weighted by Gasteiger charge is -2.35. The minimum absolute atomic E-state index is 0.0708. The van der Waals surface area contributed by atoms with Gasteiger partial charge in [-0.15, -0.1) is 0 Å². The van der Waals surface area contributed by atoms with Crippen molar-refractivity contribution in [2.45, 2.75) is 62.9 Å². The van der Waals surface area contributed by atoms with E-state index in [4.69, 9.17) is 12.2 Å². The van der Waals surface area contributed by atoms with Gasteiger partial charge in [-0.25, -0.2) is 9.80 Å². The number of hydrogen-bond donors (Lipinski definition) is 3. The Labute approximate surface area is 188 Å². The number of urea groups is 1. The number of thioether (sulfide) groups is 1. The van der Waals surface area contributed by atoms with Crippen LogP contribution in [0.25, 0.3) is 0 Å². The number of amides is 2. The average molecular weight is 501 g/mol. The van der Waals surface area contributed by atoms with E-state index in [-0.39, 0.29) is 11.8 Å². The van der Waals surface area contributed by atoms with E-state index >= 15 is 0 Å². The average Bonchev–Trinajstić information content (AvgIpc) is 2.90. The number of halogens is 1. The number of nitrogens with one attached hydrogen (secondary N) is 1. The standard InChI is InChI=1S/C19H25BrN4O3S2/c1-19(2)16(24(27)17(26)22-14-6-4-3-5-7-14)23(18(28)29-19)21-11-12-10-13(20)8-9-15(12)25/h8-11,14,16,25,27H,3-7H2,1-2H3,(H,22,26)/b21-11-/t16-/m0/s1. The van der Waals surface area contributed by atoms with Gasteiger partial charge >= 0.3 is 6.03 Å². The summed E-state index contributed by atoms with van der Waals surface area (Å²) < 4.78 is 0.657. The molecule has 1 aromatic carbocycles. The number of carbonyl (C=O) groups is 1. The molecule has 0 unspecified atom stereocenters. The van der Waals surface area contributed by atoms with E-state index in [2.05, 4.69) is 26.3 Å². The van der Waals surface area contributed by atoms with E-state index in [1.807, 2.05) is 13.8 Å². The van der Waals surface area contributed by atoms with Crippen LogP contribution in [-0.4, -0.2) is 53.9 Å². The second-order valence-electron chi connectivity index (χ2n) is 7.77. The maximum Gasteiger partial charge on any atom is 0.343 e. The molecule has 3 rings (SSSR count). The van der Waals surface area contributed by atoms with Gasteiger partial charge in [-0.1, -0.05) is 59.2 Å². The molecule has 0 aromatic heterocycles. The van der Waals surface area contributed by atoms with Gasteiger partial charge in [-0.2, -0.15) is 10.2 Å². The zero-order chi connectivity index (χ0) is 21.2. The molecule has 1 aromatic rings. The predicted molar refractivity (Wildman–Crippen MR) is 122 cm³/mol. The number of hydrogen-bond acceptors (Lipinski definition) is 6. The molecule has 1 heterocycles. The molecule has 158 valence electrons. The second-order valence-corrected chi connectivity index (χ2v) is 11.0. The number of nitrogens with zero attached hydrogens (tertiary/aromatic N) is 3. The number of benzene rings is 1. The van der Waals surface area contributed by atoms with E-state index in [0.717, 1.165) is 30.2 Å². The van der Waals surface area contributed by atoms with Gasteiger partial charge in [0, 0.05) is 16.1 Å². The zero-order valence-electron chi connectivity index (χ0n) is 16.3. The van der Waals surface area contributed by atoms with Crippen LogP contribution in [0.15, 0.2) is 27.8 Å². The maximum atomic E-state index is 12.7. The van der Waals surface area contributed by atoms with Crippen LogP contribution in [0.3, 0.4) is 0 Å². The smallest absolute Gasteiger partial charge is 0.343 e. The largest absolute Gasteiger partial charge is 0.507 e. The molecule has 0 radical (unpaired) electrons. The molecule has 7 nitrogen and oxygen atoms in total. The lowest BCUT2D eigenvalue weighted by atomic mass is 9.96. The van der Waals surface area contributed by atoms with Gasteiger partial charge in [-0.3, -0.25) is 5.21 Å². The Kier molecular flexibility index (Phi) is 7.08. The summed E-state index contributed by atoms with van der Waals surface area (Å²) in [5.74, 6) is 0.0708. The molecular formula is C19H25BrN4O3S2. The van der Waals surface area contributed by atoms with Gasteiger partial charge in [0.2, 0.25) is 0 Å². The van der Waals surface area contributed by atoms with Gasteiger partial charge in [0.25, 0.3) is 0 Å². The molecule has 1 aliphatic carbocycles. The minimum atomic E-state index is -0.783. The normalized spacial score (nSPS) is 22.3. The number of rotatable bonds is 4. The highest BCUT2D eigenvalue weighted by Gasteiger charge is 2.50. The van der Waals surface area contributed by atoms with Crippen molar-refractivity contribution in [2.24, 2.45) is 5.10 Å². The maximum absolute atomic E-state index is 12.7. The summed E-state index contributed by atoms with van der Waals surface area (Å²) >= 11 is 10.2. The van der Waals surface area contributed by atoms with Crippen molar-refractivity contribution in [2.75, 3.05) is 0 Å². The van der Waals surface area contributed by atoms with E-state index < -0.39 is 16.9 Å². The summed E-state index contributed by atoms with van der Waals surface area (Å²) in [4.78, 5) is 12.7. The third-order valence-electron chi connectivity index (χ3n) is 5.07. The molecule has 2 fully saturated rings. The van der Waals surface area contributed by atoms with Crippen molar-refractivity contribution >= 4 is 56.5 Å². The Bertz CT molecular complexity index is 815. The van der Waals surface area contributed by atoms with Gasteiger partial charge < -0.3 is 10.4 Å². The molecule has 2 amide bonds. The molecule has 0 spiro atoms. The molecular weight excluding hydrogens is 476 g/mol. The molecule has 2 aliphatic rings. The third kappa shape index (κ3) is 5.22. The van der Waals surface area contributed by atoms with Gasteiger partial charge in [0.15, 0.2) is 10.5 Å². The van der Waals surface area contributed by atoms with Crippen LogP contribution in [-0.2, 0) is 0 Å². The number of hydrazone groups is 1. The molecule has 10 heteroatoms. The van der Waals surface area contributed by atoms with Crippen molar-refractivity contribution in [3.63, 3.8) is 0 Å². The van der Waals surface area contributed by atoms with Crippen LogP contribution in [0.1, 0.15) is 51.5 Å². The lowest BCUT2D eigenvalue weighted by molar-refractivity contribution is -0.119. The Morgan fingerprint density at radius 1 is 1.41 bits per heavy atom. The predicted octanol–water partition coefficient (Wildman–Crippen LogP) is 4.66. The fourth-order valence-electron chi connectivity index (χ4n) is 3.58. The number of carbonyl (C=O) groups excluding carboxylic acids is 1. The third-order valence-corrected chi connectivity index (χ3v) is 7.10. The quantitative estimate of drug-likeness (QED) is 0.241. The zero-order valence-corrected chi connectivity index (χ0v) is 19.6. The first-order valence-corrected chi connectivity index (χ1v) is 11.5. The molecule has 1 saturated carbocycles. The van der Waals surface area contributed by atoms with E-state index in [0.29, 0.717) is 14.9 Å². The first-order valence-electron chi connectivity index (χ1n) is 9.52. The highest BCUT2D eigenvalue weighted by Crippen LogP contribution is 2.42. The minimum Gasteiger partial charge on any atom is -0.507 e. The van der Waals surface area contributed by atoms with Crippen LogP contribution in [0.4, 0.5) is 4.79 Å². The van der Waals surface area contributed by atoms with Crippen molar-refractivity contribution in [3.05, 3.63) is 28.2 Å². The van der Waals surface area contributed by atoms with Crippen LogP contribution in [0.5, 0.6) is 5.75 Å². The number of aromatic hydroxyl groups is 1. The van der Waals surface area contributed by atoms with E-state index in [9.17, 15) is 15.1 Å². The molecule has 0 bridgehead atoms. The molecule has 1 aliphatic heterocycles. The van der Waals surface area contributed by atoms with E-state index in [1.54, 1.807) is 18.2 Å². The Morgan fingerprint density at radius 2 is 2.10 bits per heavy atom. The van der Waals surface area contributed by atoms with E-state index in [1.165, 1.54) is 29.4 Å². The van der Waals surface area contributed by atoms with Crippen LogP contribution >= 0.6 is 39.9 Å². The van der Waals surface area contributed by atoms with Crippen molar-refractivity contribution < 1.29 is 15.1 Å². The summed E-state index contributed by atoms with van der Waals surface area (Å²) in [5, 5.41) is 30.2. The van der Waals surface area contributed by atoms with Crippen molar-refractivity contribution in [1.29, 1.82) is 0 Å². The second kappa shape index (κ2) is 9.20. The van der Waals surface area contributed by atoms with Crippen LogP contribution < -0.4 is 5.32 Å². The monoisotopic (exact) mass is 500 g/mol. The molecule has 3 N–H and O–H groups in total. The summed E-state index contributed by atoms with van der Waals surface area (Å²) in [5.41, 5.74) is 0.492. The van der Waals surface area contributed by atoms with Crippen molar-refractivity contribution in [3.8, 4) is 5.75 Å².